The van der Waals surface area contributed by atoms with E-state index in [-0.39, 0.29) is 17.3 Å². The van der Waals surface area contributed by atoms with Crippen molar-refractivity contribution in [1.29, 1.82) is 5.26 Å². The van der Waals surface area contributed by atoms with Gasteiger partial charge in [0.2, 0.25) is 5.95 Å². The summed E-state index contributed by atoms with van der Waals surface area (Å²) < 4.78 is 11.8. The topological polar surface area (TPSA) is 120 Å². The predicted molar refractivity (Wildman–Crippen MR) is 95.7 cm³/mol. The molecule has 2 aromatic rings. The highest BCUT2D eigenvalue weighted by atomic mass is 79.9. The molecule has 1 heterocycles. The molecule has 24 heavy (non-hydrogen) atoms. The van der Waals surface area contributed by atoms with Crippen LogP contribution in [0.2, 0.25) is 0 Å². The first kappa shape index (κ1) is 17.8. The molecule has 0 aliphatic carbocycles. The third-order valence-corrected chi connectivity index (χ3v) is 3.99. The van der Waals surface area contributed by atoms with Gasteiger partial charge in [-0.2, -0.15) is 10.2 Å². The summed E-state index contributed by atoms with van der Waals surface area (Å²) in [5, 5.41) is 9.34. The number of nitriles is 1. The SMILES string of the molecule is CCCCOc1cc(Br)c(-c2nc(N)nc(N)c2C#N)cc1OC. The summed E-state index contributed by atoms with van der Waals surface area (Å²) >= 11 is 3.48. The highest BCUT2D eigenvalue weighted by molar-refractivity contribution is 9.10. The molecule has 0 bridgehead atoms. The van der Waals surface area contributed by atoms with Gasteiger partial charge in [-0.25, -0.2) is 4.98 Å². The van der Waals surface area contributed by atoms with Crippen molar-refractivity contribution in [1.82, 2.24) is 9.97 Å². The van der Waals surface area contributed by atoms with E-state index in [0.717, 1.165) is 12.8 Å². The number of nitrogen functional groups attached to an aromatic ring is 2. The molecule has 1 aromatic heterocycles. The van der Waals surface area contributed by atoms with Crippen LogP contribution in [0.4, 0.5) is 11.8 Å². The molecule has 0 amide bonds. The van der Waals surface area contributed by atoms with Gasteiger partial charge in [-0.05, 0) is 34.5 Å². The lowest BCUT2D eigenvalue weighted by atomic mass is 10.1. The van der Waals surface area contributed by atoms with Gasteiger partial charge < -0.3 is 20.9 Å². The Morgan fingerprint density at radius 3 is 2.62 bits per heavy atom. The first-order chi connectivity index (χ1) is 11.5. The van der Waals surface area contributed by atoms with Crippen molar-refractivity contribution in [3.63, 3.8) is 0 Å². The van der Waals surface area contributed by atoms with E-state index < -0.39 is 0 Å². The largest absolute Gasteiger partial charge is 0.493 e. The molecule has 0 aliphatic rings. The Hall–Kier alpha value is -2.53. The molecule has 0 saturated heterocycles. The van der Waals surface area contributed by atoms with Crippen molar-refractivity contribution in [3.8, 4) is 28.8 Å². The lowest BCUT2D eigenvalue weighted by molar-refractivity contribution is 0.288. The van der Waals surface area contributed by atoms with Crippen LogP contribution in [0.1, 0.15) is 25.3 Å². The Morgan fingerprint density at radius 2 is 2.00 bits per heavy atom. The third-order valence-electron chi connectivity index (χ3n) is 3.33. The predicted octanol–water partition coefficient (Wildman–Crippen LogP) is 3.13. The Kier molecular flexibility index (Phi) is 5.82. The van der Waals surface area contributed by atoms with Gasteiger partial charge in [0.1, 0.15) is 17.5 Å². The summed E-state index contributed by atoms with van der Waals surface area (Å²) in [6.45, 7) is 2.68. The van der Waals surface area contributed by atoms with Crippen LogP contribution < -0.4 is 20.9 Å². The number of ether oxygens (including phenoxy) is 2. The summed E-state index contributed by atoms with van der Waals surface area (Å²) in [7, 11) is 1.55. The number of aromatic nitrogens is 2. The fraction of sp³-hybridized carbons (Fsp3) is 0.312. The van der Waals surface area contributed by atoms with E-state index in [0.29, 0.717) is 33.8 Å². The quantitative estimate of drug-likeness (QED) is 0.725. The fourth-order valence-corrected chi connectivity index (χ4v) is 2.63. The number of halogens is 1. The summed E-state index contributed by atoms with van der Waals surface area (Å²) in [6, 6.07) is 5.52. The van der Waals surface area contributed by atoms with Crippen molar-refractivity contribution in [2.45, 2.75) is 19.8 Å². The summed E-state index contributed by atoms with van der Waals surface area (Å²) in [6.07, 6.45) is 1.98. The standard InChI is InChI=1S/C16H18BrN5O2/c1-3-4-5-24-13-7-11(17)9(6-12(13)23-2)14-10(8-18)15(19)22-16(20)21-14/h6-7H,3-5H2,1-2H3,(H4,19,20,21,22). The van der Waals surface area contributed by atoms with Gasteiger partial charge in [0.05, 0.1) is 19.4 Å². The molecule has 0 radical (unpaired) electrons. The normalized spacial score (nSPS) is 10.2. The van der Waals surface area contributed by atoms with Crippen LogP contribution in [-0.2, 0) is 0 Å². The van der Waals surface area contributed by atoms with E-state index in [9.17, 15) is 5.26 Å². The molecule has 2 rings (SSSR count). The van der Waals surface area contributed by atoms with E-state index in [1.54, 1.807) is 19.2 Å². The van der Waals surface area contributed by atoms with E-state index in [1.165, 1.54) is 0 Å². The van der Waals surface area contributed by atoms with E-state index in [1.807, 2.05) is 6.07 Å². The molecular formula is C16H18BrN5O2. The second kappa shape index (κ2) is 7.84. The molecule has 0 spiro atoms. The van der Waals surface area contributed by atoms with Gasteiger partial charge in [-0.15, -0.1) is 0 Å². The second-order valence-electron chi connectivity index (χ2n) is 4.99. The molecule has 126 valence electrons. The van der Waals surface area contributed by atoms with Gasteiger partial charge in [0.15, 0.2) is 11.5 Å². The van der Waals surface area contributed by atoms with E-state index in [2.05, 4.69) is 32.8 Å². The van der Waals surface area contributed by atoms with Crippen LogP contribution in [0.25, 0.3) is 11.3 Å². The zero-order valence-electron chi connectivity index (χ0n) is 13.5. The second-order valence-corrected chi connectivity index (χ2v) is 5.84. The Morgan fingerprint density at radius 1 is 1.25 bits per heavy atom. The van der Waals surface area contributed by atoms with Gasteiger partial charge in [-0.1, -0.05) is 13.3 Å². The minimum Gasteiger partial charge on any atom is -0.493 e. The minimum absolute atomic E-state index is 0.00404. The Bertz CT molecular complexity index is 789. The number of methoxy groups -OCH3 is 1. The van der Waals surface area contributed by atoms with Crippen LogP contribution in [0.5, 0.6) is 11.5 Å². The number of hydrogen-bond donors (Lipinski definition) is 2. The molecule has 0 fully saturated rings. The molecule has 0 unspecified atom stereocenters. The smallest absolute Gasteiger partial charge is 0.222 e. The first-order valence-electron chi connectivity index (χ1n) is 7.35. The van der Waals surface area contributed by atoms with Gasteiger partial charge >= 0.3 is 0 Å². The number of nitrogens with two attached hydrogens (primary N) is 2. The molecule has 7 nitrogen and oxygen atoms in total. The Labute approximate surface area is 148 Å². The molecule has 0 aliphatic heterocycles. The number of rotatable bonds is 6. The van der Waals surface area contributed by atoms with E-state index >= 15 is 0 Å². The lowest BCUT2D eigenvalue weighted by Crippen LogP contribution is -2.05. The lowest BCUT2D eigenvalue weighted by Gasteiger charge is -2.14. The maximum absolute atomic E-state index is 9.34. The van der Waals surface area contributed by atoms with Crippen LogP contribution in [-0.4, -0.2) is 23.7 Å². The van der Waals surface area contributed by atoms with Gasteiger partial charge in [-0.3, -0.25) is 0 Å². The molecule has 1 aromatic carbocycles. The van der Waals surface area contributed by atoms with Crippen LogP contribution in [0.3, 0.4) is 0 Å². The van der Waals surface area contributed by atoms with Crippen molar-refractivity contribution >= 4 is 27.7 Å². The number of benzene rings is 1. The van der Waals surface area contributed by atoms with E-state index in [4.69, 9.17) is 20.9 Å². The molecular weight excluding hydrogens is 374 g/mol. The minimum atomic E-state index is -0.00404. The maximum atomic E-state index is 9.34. The summed E-state index contributed by atoms with van der Waals surface area (Å²) in [5.41, 5.74) is 12.6. The molecule has 8 heteroatoms. The van der Waals surface area contributed by atoms with Crippen LogP contribution in [0.15, 0.2) is 16.6 Å². The third kappa shape index (κ3) is 3.68. The Balaban J connectivity index is 2.55. The zero-order chi connectivity index (χ0) is 17.7. The molecule has 0 atom stereocenters. The number of unbranched alkanes of at least 4 members (excludes halogenated alkanes) is 1. The average molecular weight is 392 g/mol. The summed E-state index contributed by atoms with van der Waals surface area (Å²) in [4.78, 5) is 7.98. The zero-order valence-corrected chi connectivity index (χ0v) is 15.1. The summed E-state index contributed by atoms with van der Waals surface area (Å²) in [5.74, 6) is 1.17. The van der Waals surface area contributed by atoms with Crippen LogP contribution in [0, 0.1) is 11.3 Å². The number of nitrogens with zero attached hydrogens (tertiary/aromatic N) is 3. The highest BCUT2D eigenvalue weighted by Gasteiger charge is 2.18. The number of hydrogen-bond acceptors (Lipinski definition) is 7. The fourth-order valence-electron chi connectivity index (χ4n) is 2.12. The van der Waals surface area contributed by atoms with Crippen molar-refractivity contribution in [2.75, 3.05) is 25.2 Å². The number of anilines is 2. The first-order valence-corrected chi connectivity index (χ1v) is 8.14. The monoisotopic (exact) mass is 391 g/mol. The van der Waals surface area contributed by atoms with Gasteiger partial charge in [0.25, 0.3) is 0 Å². The van der Waals surface area contributed by atoms with Crippen molar-refractivity contribution < 1.29 is 9.47 Å². The van der Waals surface area contributed by atoms with Crippen LogP contribution >= 0.6 is 15.9 Å². The molecule has 0 saturated carbocycles. The average Bonchev–Trinajstić information content (AvgIpc) is 2.54. The van der Waals surface area contributed by atoms with Crippen molar-refractivity contribution in [3.05, 3.63) is 22.2 Å². The highest BCUT2D eigenvalue weighted by Crippen LogP contribution is 2.39. The molecule has 4 N–H and O–H groups in total. The van der Waals surface area contributed by atoms with Crippen molar-refractivity contribution in [2.24, 2.45) is 0 Å². The van der Waals surface area contributed by atoms with Gasteiger partial charge in [0, 0.05) is 10.0 Å². The maximum Gasteiger partial charge on any atom is 0.222 e.